The molecular formula is C7H14N8O. The van der Waals surface area contributed by atoms with E-state index in [4.69, 9.17) is 17.3 Å². The fourth-order valence-electron chi connectivity index (χ4n) is 1.01. The second-order valence-electron chi connectivity index (χ2n) is 2.86. The molecule has 0 radical (unpaired) electrons. The van der Waals surface area contributed by atoms with Crippen LogP contribution < -0.4 is 33.4 Å². The Labute approximate surface area is 91.8 Å². The number of nitrogen functional groups attached to an aromatic ring is 2. The van der Waals surface area contributed by atoms with Gasteiger partial charge in [-0.3, -0.25) is 0 Å². The summed E-state index contributed by atoms with van der Waals surface area (Å²) in [7, 11) is 0. The van der Waals surface area contributed by atoms with E-state index in [1.165, 1.54) is 0 Å². The first-order chi connectivity index (χ1) is 7.61. The Morgan fingerprint density at radius 1 is 1.31 bits per heavy atom. The summed E-state index contributed by atoms with van der Waals surface area (Å²) in [4.78, 5) is 18.1. The first kappa shape index (κ1) is 11.8. The third-order valence-electron chi connectivity index (χ3n) is 1.62. The average molecular weight is 226 g/mol. The molecule has 0 saturated carbocycles. The second kappa shape index (κ2) is 5.56. The maximum absolute atomic E-state index is 10.4. The smallest absolute Gasteiger partial charge is 0.312 e. The summed E-state index contributed by atoms with van der Waals surface area (Å²) in [5, 5.41) is 5.34. The first-order valence-corrected chi connectivity index (χ1v) is 4.50. The zero-order valence-electron chi connectivity index (χ0n) is 8.53. The Bertz CT molecular complexity index is 367. The van der Waals surface area contributed by atoms with Crippen molar-refractivity contribution in [2.45, 2.75) is 0 Å². The summed E-state index contributed by atoms with van der Waals surface area (Å²) in [6.45, 7) is 0.841. The predicted octanol–water partition coefficient (Wildman–Crippen LogP) is -1.58. The highest BCUT2D eigenvalue weighted by molar-refractivity contribution is 5.71. The lowest BCUT2D eigenvalue weighted by atomic mass is 10.5. The molecule has 0 aliphatic rings. The van der Waals surface area contributed by atoms with Crippen LogP contribution in [0.3, 0.4) is 0 Å². The Morgan fingerprint density at radius 3 is 2.62 bits per heavy atom. The number of amides is 2. The fraction of sp³-hybridized carbons (Fsp3) is 0.286. The van der Waals surface area contributed by atoms with Crippen LogP contribution in [0.15, 0.2) is 6.07 Å². The van der Waals surface area contributed by atoms with Gasteiger partial charge in [0.25, 0.3) is 0 Å². The number of urea groups is 1. The molecule has 0 aliphatic heterocycles. The Morgan fingerprint density at radius 2 is 2.00 bits per heavy atom. The molecule has 2 amide bonds. The third-order valence-corrected chi connectivity index (χ3v) is 1.62. The highest BCUT2D eigenvalue weighted by Crippen LogP contribution is 2.10. The summed E-state index contributed by atoms with van der Waals surface area (Å²) >= 11 is 0. The average Bonchev–Trinajstić information content (AvgIpc) is 2.23. The van der Waals surface area contributed by atoms with Crippen molar-refractivity contribution in [1.29, 1.82) is 0 Å². The van der Waals surface area contributed by atoms with Crippen molar-refractivity contribution in [2.24, 2.45) is 11.6 Å². The topological polar surface area (TPSA) is 157 Å². The lowest BCUT2D eigenvalue weighted by Gasteiger charge is -2.07. The van der Waals surface area contributed by atoms with E-state index in [0.29, 0.717) is 24.7 Å². The van der Waals surface area contributed by atoms with Crippen LogP contribution in [-0.2, 0) is 0 Å². The molecule has 0 aromatic carbocycles. The lowest BCUT2D eigenvalue weighted by molar-refractivity contribution is 0.249. The Hall–Kier alpha value is -2.29. The predicted molar refractivity (Wildman–Crippen MR) is 60.3 cm³/mol. The number of rotatable bonds is 5. The van der Waals surface area contributed by atoms with Gasteiger partial charge in [0.05, 0.1) is 0 Å². The van der Waals surface area contributed by atoms with E-state index < -0.39 is 6.03 Å². The highest BCUT2D eigenvalue weighted by atomic mass is 16.2. The van der Waals surface area contributed by atoms with Crippen LogP contribution in [-0.4, -0.2) is 29.1 Å². The van der Waals surface area contributed by atoms with Crippen molar-refractivity contribution in [1.82, 2.24) is 15.3 Å². The minimum atomic E-state index is -0.576. The van der Waals surface area contributed by atoms with E-state index in [9.17, 15) is 4.79 Å². The molecule has 0 atom stereocenters. The van der Waals surface area contributed by atoms with E-state index in [0.717, 1.165) is 0 Å². The number of aromatic nitrogens is 2. The molecule has 88 valence electrons. The van der Waals surface area contributed by atoms with Crippen LogP contribution in [0.1, 0.15) is 0 Å². The molecule has 16 heavy (non-hydrogen) atoms. The zero-order valence-corrected chi connectivity index (χ0v) is 8.53. The van der Waals surface area contributed by atoms with E-state index in [2.05, 4.69) is 26.0 Å². The van der Waals surface area contributed by atoms with Crippen molar-refractivity contribution in [3.05, 3.63) is 6.07 Å². The number of primary amides is 1. The van der Waals surface area contributed by atoms with E-state index >= 15 is 0 Å². The molecule has 9 heteroatoms. The fourth-order valence-corrected chi connectivity index (χ4v) is 1.01. The third kappa shape index (κ3) is 3.84. The van der Waals surface area contributed by atoms with E-state index in [1.54, 1.807) is 6.07 Å². The number of hydrogen-bond donors (Lipinski definition) is 6. The molecule has 0 spiro atoms. The summed E-state index contributed by atoms with van der Waals surface area (Å²) in [5.41, 5.74) is 12.7. The van der Waals surface area contributed by atoms with Gasteiger partial charge in [0.15, 0.2) is 0 Å². The summed E-state index contributed by atoms with van der Waals surface area (Å²) in [6, 6.07) is 1.01. The molecule has 0 aliphatic carbocycles. The molecule has 1 rings (SSSR count). The van der Waals surface area contributed by atoms with Crippen LogP contribution in [0, 0.1) is 0 Å². The van der Waals surface area contributed by atoms with Crippen molar-refractivity contribution < 1.29 is 4.79 Å². The molecule has 0 unspecified atom stereocenters. The van der Waals surface area contributed by atoms with Gasteiger partial charge in [0.1, 0.15) is 11.6 Å². The largest absolute Gasteiger partial charge is 0.368 e. The van der Waals surface area contributed by atoms with Gasteiger partial charge in [-0.05, 0) is 0 Å². The molecule has 9 N–H and O–H groups in total. The first-order valence-electron chi connectivity index (χ1n) is 4.50. The SMILES string of the molecule is NNc1cc(NCCNC(N)=O)nc(N)n1. The van der Waals surface area contributed by atoms with Gasteiger partial charge in [-0.15, -0.1) is 0 Å². The van der Waals surface area contributed by atoms with Crippen LogP contribution in [0.4, 0.5) is 22.4 Å². The molecule has 0 bridgehead atoms. The molecule has 1 aromatic heterocycles. The highest BCUT2D eigenvalue weighted by Gasteiger charge is 2.00. The molecule has 1 aromatic rings. The maximum Gasteiger partial charge on any atom is 0.312 e. The summed E-state index contributed by atoms with van der Waals surface area (Å²) < 4.78 is 0. The van der Waals surface area contributed by atoms with Gasteiger partial charge in [0, 0.05) is 19.2 Å². The summed E-state index contributed by atoms with van der Waals surface area (Å²) in [6.07, 6.45) is 0. The van der Waals surface area contributed by atoms with Crippen LogP contribution >= 0.6 is 0 Å². The van der Waals surface area contributed by atoms with E-state index in [1.807, 2.05) is 0 Å². The number of carbonyl (C=O) groups is 1. The summed E-state index contributed by atoms with van der Waals surface area (Å²) in [5.74, 6) is 6.19. The van der Waals surface area contributed by atoms with Crippen molar-refractivity contribution in [3.63, 3.8) is 0 Å². The van der Waals surface area contributed by atoms with Crippen molar-refractivity contribution in [2.75, 3.05) is 29.6 Å². The molecular weight excluding hydrogens is 212 g/mol. The second-order valence-corrected chi connectivity index (χ2v) is 2.86. The van der Waals surface area contributed by atoms with Crippen LogP contribution in [0.5, 0.6) is 0 Å². The molecule has 1 heterocycles. The number of nitrogens with one attached hydrogen (secondary N) is 3. The van der Waals surface area contributed by atoms with Gasteiger partial charge in [-0.25, -0.2) is 10.6 Å². The van der Waals surface area contributed by atoms with Gasteiger partial charge in [-0.2, -0.15) is 9.97 Å². The minimum absolute atomic E-state index is 0.0980. The van der Waals surface area contributed by atoms with Crippen LogP contribution in [0.25, 0.3) is 0 Å². The number of anilines is 3. The van der Waals surface area contributed by atoms with Crippen molar-refractivity contribution in [3.8, 4) is 0 Å². The minimum Gasteiger partial charge on any atom is -0.368 e. The number of carbonyl (C=O) groups excluding carboxylic acids is 1. The van der Waals surface area contributed by atoms with Crippen LogP contribution in [0.2, 0.25) is 0 Å². The number of hydrazine groups is 1. The Balaban J connectivity index is 2.47. The number of nitrogens with zero attached hydrogens (tertiary/aromatic N) is 2. The zero-order chi connectivity index (χ0) is 12.0. The van der Waals surface area contributed by atoms with Gasteiger partial charge in [0.2, 0.25) is 5.95 Å². The standard InChI is InChI=1S/C7H14N8O/c8-6-13-4(3-5(14-6)15-10)11-1-2-12-7(9)16/h3H,1-2,10H2,(H3,9,12,16)(H4,8,11,13,14,15). The molecule has 0 saturated heterocycles. The quantitative estimate of drug-likeness (QED) is 0.201. The normalized spacial score (nSPS) is 9.56. The molecule has 0 fully saturated rings. The van der Waals surface area contributed by atoms with Gasteiger partial charge in [-0.1, -0.05) is 0 Å². The Kier molecular flexibility index (Phi) is 4.09. The van der Waals surface area contributed by atoms with Gasteiger partial charge < -0.3 is 27.5 Å². The lowest BCUT2D eigenvalue weighted by Crippen LogP contribution is -2.33. The number of hydrogen-bond acceptors (Lipinski definition) is 7. The maximum atomic E-state index is 10.4. The molecule has 9 nitrogen and oxygen atoms in total. The number of nitrogens with two attached hydrogens (primary N) is 3. The van der Waals surface area contributed by atoms with Crippen molar-refractivity contribution >= 4 is 23.6 Å². The van der Waals surface area contributed by atoms with Gasteiger partial charge >= 0.3 is 6.03 Å². The van der Waals surface area contributed by atoms with E-state index in [-0.39, 0.29) is 5.95 Å². The monoisotopic (exact) mass is 226 g/mol.